The Morgan fingerprint density at radius 1 is 1.50 bits per heavy atom. The first-order chi connectivity index (χ1) is 5.65. The van der Waals surface area contributed by atoms with Crippen molar-refractivity contribution in [3.8, 4) is 0 Å². The first-order valence-corrected chi connectivity index (χ1v) is 4.94. The van der Waals surface area contributed by atoms with Crippen LogP contribution >= 0.6 is 22.6 Å². The molecule has 0 spiro atoms. The zero-order valence-electron chi connectivity index (χ0n) is 7.05. The van der Waals surface area contributed by atoms with Gasteiger partial charge in [-0.25, -0.2) is 0 Å². The number of halogens is 1. The molecule has 12 heavy (non-hydrogen) atoms. The van der Waals surface area contributed by atoms with E-state index in [1.165, 1.54) is 9.13 Å². The summed E-state index contributed by atoms with van der Waals surface area (Å²) in [4.78, 5) is 0. The molecule has 0 radical (unpaired) electrons. The van der Waals surface area contributed by atoms with Crippen LogP contribution in [0.25, 0.3) is 0 Å². The van der Waals surface area contributed by atoms with Gasteiger partial charge in [-0.2, -0.15) is 0 Å². The molecule has 1 rings (SSSR count). The molecular formula is C9H13IN2. The lowest BCUT2D eigenvalue weighted by molar-refractivity contribution is 0.731. The normalized spacial score (nSPS) is 13.0. The maximum absolute atomic E-state index is 5.82. The molecule has 1 unspecified atom stereocenters. The predicted molar refractivity (Wildman–Crippen MR) is 59.9 cm³/mol. The van der Waals surface area contributed by atoms with Crippen LogP contribution in [-0.2, 0) is 0 Å². The molecule has 1 atom stereocenters. The quantitative estimate of drug-likeness (QED) is 0.805. The summed E-state index contributed by atoms with van der Waals surface area (Å²) in [5.41, 5.74) is 13.7. The number of hydrogen-bond acceptors (Lipinski definition) is 2. The Morgan fingerprint density at radius 2 is 2.17 bits per heavy atom. The maximum atomic E-state index is 5.82. The highest BCUT2D eigenvalue weighted by Crippen LogP contribution is 2.17. The summed E-state index contributed by atoms with van der Waals surface area (Å²) >= 11 is 2.29. The van der Waals surface area contributed by atoms with Crippen LogP contribution in [0.2, 0.25) is 0 Å². The molecule has 4 N–H and O–H groups in total. The van der Waals surface area contributed by atoms with Crippen LogP contribution in [0.1, 0.15) is 17.2 Å². The third-order valence-corrected chi connectivity index (χ3v) is 2.56. The van der Waals surface area contributed by atoms with E-state index in [1.54, 1.807) is 0 Å². The first-order valence-electron chi connectivity index (χ1n) is 3.87. The Kier molecular flexibility index (Phi) is 3.49. The van der Waals surface area contributed by atoms with Crippen molar-refractivity contribution in [2.45, 2.75) is 13.0 Å². The molecule has 0 aromatic heterocycles. The Hall–Kier alpha value is -0.130. The monoisotopic (exact) mass is 276 g/mol. The fourth-order valence-electron chi connectivity index (χ4n) is 1.18. The van der Waals surface area contributed by atoms with Crippen molar-refractivity contribution in [3.05, 3.63) is 32.9 Å². The van der Waals surface area contributed by atoms with Crippen LogP contribution in [0.15, 0.2) is 18.2 Å². The minimum absolute atomic E-state index is 0.0259. The van der Waals surface area contributed by atoms with Crippen molar-refractivity contribution >= 4 is 22.6 Å². The van der Waals surface area contributed by atoms with E-state index < -0.39 is 0 Å². The van der Waals surface area contributed by atoms with Crippen molar-refractivity contribution in [3.63, 3.8) is 0 Å². The molecule has 2 nitrogen and oxygen atoms in total. The molecule has 0 saturated carbocycles. The highest BCUT2D eigenvalue weighted by atomic mass is 127. The Labute approximate surface area is 86.5 Å². The van der Waals surface area contributed by atoms with Crippen LogP contribution in [0.4, 0.5) is 0 Å². The number of rotatable bonds is 2. The van der Waals surface area contributed by atoms with Gasteiger partial charge in [-0.1, -0.05) is 6.07 Å². The molecule has 1 aromatic carbocycles. The minimum atomic E-state index is -0.0259. The molecule has 0 aliphatic heterocycles. The largest absolute Gasteiger partial charge is 0.329 e. The van der Waals surface area contributed by atoms with Gasteiger partial charge < -0.3 is 11.5 Å². The fraction of sp³-hybridized carbons (Fsp3) is 0.333. The molecule has 0 amide bonds. The summed E-state index contributed by atoms with van der Waals surface area (Å²) in [5.74, 6) is 0. The first kappa shape index (κ1) is 9.95. The molecular weight excluding hydrogens is 263 g/mol. The van der Waals surface area contributed by atoms with E-state index in [1.807, 2.05) is 0 Å². The van der Waals surface area contributed by atoms with Gasteiger partial charge in [-0.05, 0) is 52.8 Å². The van der Waals surface area contributed by atoms with Crippen LogP contribution in [-0.4, -0.2) is 6.54 Å². The highest BCUT2D eigenvalue weighted by molar-refractivity contribution is 14.1. The molecule has 0 aliphatic rings. The zero-order chi connectivity index (χ0) is 9.14. The standard InChI is InChI=1S/C9H13IN2/c1-6-4-7(10)2-3-8(6)9(12)5-11/h2-4,9H,5,11-12H2,1H3. The van der Waals surface area contributed by atoms with Crippen LogP contribution < -0.4 is 11.5 Å². The Balaban J connectivity index is 3.01. The summed E-state index contributed by atoms with van der Waals surface area (Å²) in [6.07, 6.45) is 0. The summed E-state index contributed by atoms with van der Waals surface area (Å²) in [7, 11) is 0. The fourth-order valence-corrected chi connectivity index (χ4v) is 1.83. The molecule has 66 valence electrons. The van der Waals surface area contributed by atoms with Gasteiger partial charge in [0.25, 0.3) is 0 Å². The minimum Gasteiger partial charge on any atom is -0.329 e. The van der Waals surface area contributed by atoms with E-state index in [9.17, 15) is 0 Å². The highest BCUT2D eigenvalue weighted by Gasteiger charge is 2.05. The molecule has 0 fully saturated rings. The molecule has 0 heterocycles. The summed E-state index contributed by atoms with van der Waals surface area (Å²) in [6.45, 7) is 2.56. The van der Waals surface area contributed by atoms with Crippen molar-refractivity contribution in [2.24, 2.45) is 11.5 Å². The lowest BCUT2D eigenvalue weighted by Gasteiger charge is -2.12. The van der Waals surface area contributed by atoms with Crippen LogP contribution in [0, 0.1) is 10.5 Å². The summed E-state index contributed by atoms with van der Waals surface area (Å²) in [6, 6.07) is 6.19. The van der Waals surface area contributed by atoms with Gasteiger partial charge in [0, 0.05) is 16.2 Å². The lowest BCUT2D eigenvalue weighted by atomic mass is 10.0. The van der Waals surface area contributed by atoms with Crippen LogP contribution in [0.3, 0.4) is 0 Å². The summed E-state index contributed by atoms with van der Waals surface area (Å²) < 4.78 is 1.23. The molecule has 3 heteroatoms. The van der Waals surface area contributed by atoms with E-state index in [-0.39, 0.29) is 6.04 Å². The Morgan fingerprint density at radius 3 is 2.67 bits per heavy atom. The van der Waals surface area contributed by atoms with Gasteiger partial charge in [0.2, 0.25) is 0 Å². The van der Waals surface area contributed by atoms with Crippen molar-refractivity contribution in [1.82, 2.24) is 0 Å². The molecule has 0 saturated heterocycles. The van der Waals surface area contributed by atoms with Crippen molar-refractivity contribution < 1.29 is 0 Å². The second-order valence-electron chi connectivity index (χ2n) is 2.84. The van der Waals surface area contributed by atoms with Gasteiger partial charge >= 0.3 is 0 Å². The van der Waals surface area contributed by atoms with Crippen molar-refractivity contribution in [1.29, 1.82) is 0 Å². The summed E-state index contributed by atoms with van der Waals surface area (Å²) in [5, 5.41) is 0. The van der Waals surface area contributed by atoms with Gasteiger partial charge in [0.05, 0.1) is 0 Å². The van der Waals surface area contributed by atoms with Gasteiger partial charge in [-0.3, -0.25) is 0 Å². The third kappa shape index (κ3) is 2.18. The molecule has 0 aliphatic carbocycles. The SMILES string of the molecule is Cc1cc(I)ccc1C(N)CN. The van der Waals surface area contributed by atoms with E-state index in [4.69, 9.17) is 11.5 Å². The lowest BCUT2D eigenvalue weighted by Crippen LogP contribution is -2.21. The predicted octanol–water partition coefficient (Wildman–Crippen LogP) is 1.56. The van der Waals surface area contributed by atoms with E-state index in [2.05, 4.69) is 47.7 Å². The number of benzene rings is 1. The maximum Gasteiger partial charge on any atom is 0.0422 e. The second kappa shape index (κ2) is 4.20. The average Bonchev–Trinajstić information content (AvgIpc) is 2.03. The molecule has 0 bridgehead atoms. The number of nitrogens with two attached hydrogens (primary N) is 2. The Bertz CT molecular complexity index is 273. The van der Waals surface area contributed by atoms with E-state index in [0.29, 0.717) is 6.54 Å². The van der Waals surface area contributed by atoms with Gasteiger partial charge in [-0.15, -0.1) is 0 Å². The average molecular weight is 276 g/mol. The molecule has 1 aromatic rings. The van der Waals surface area contributed by atoms with Gasteiger partial charge in [0.15, 0.2) is 0 Å². The van der Waals surface area contributed by atoms with Crippen LogP contribution in [0.5, 0.6) is 0 Å². The van der Waals surface area contributed by atoms with Gasteiger partial charge in [0.1, 0.15) is 0 Å². The number of aryl methyl sites for hydroxylation is 1. The topological polar surface area (TPSA) is 52.0 Å². The van der Waals surface area contributed by atoms with E-state index in [0.717, 1.165) is 5.56 Å². The number of hydrogen-bond donors (Lipinski definition) is 2. The zero-order valence-corrected chi connectivity index (χ0v) is 9.21. The second-order valence-corrected chi connectivity index (χ2v) is 4.09. The van der Waals surface area contributed by atoms with E-state index >= 15 is 0 Å². The smallest absolute Gasteiger partial charge is 0.0422 e. The van der Waals surface area contributed by atoms with Crippen molar-refractivity contribution in [2.75, 3.05) is 6.54 Å². The third-order valence-electron chi connectivity index (χ3n) is 1.89.